The number of alkyl carbamates (subject to hydrolysis) is 1. The van der Waals surface area contributed by atoms with Gasteiger partial charge in [-0.05, 0) is 20.8 Å². The van der Waals surface area contributed by atoms with E-state index in [9.17, 15) is 67.3 Å². The molecule has 5 unspecified atom stereocenters. The van der Waals surface area contributed by atoms with E-state index in [1.54, 1.807) is 6.07 Å². The molecule has 0 aromatic heterocycles. The second kappa shape index (κ2) is 19.5. The van der Waals surface area contributed by atoms with Gasteiger partial charge in [0.2, 0.25) is 0 Å². The van der Waals surface area contributed by atoms with Crippen LogP contribution in [0.1, 0.15) is 62.3 Å². The van der Waals surface area contributed by atoms with Crippen LogP contribution >= 0.6 is 23.5 Å². The highest BCUT2D eigenvalue weighted by atomic mass is 31.2. The molecule has 24 heteroatoms. The van der Waals surface area contributed by atoms with Crippen molar-refractivity contribution in [2.24, 2.45) is 5.41 Å². The van der Waals surface area contributed by atoms with Gasteiger partial charge in [0.25, 0.3) is 5.91 Å². The number of phosphoric ester groups is 3. The van der Waals surface area contributed by atoms with Crippen LogP contribution in [0.25, 0.3) is 0 Å². The quantitative estimate of drug-likeness (QED) is 0.0667. The lowest BCUT2D eigenvalue weighted by molar-refractivity contribution is -0.159. The van der Waals surface area contributed by atoms with Gasteiger partial charge in [-0.3, -0.25) is 28.0 Å². The van der Waals surface area contributed by atoms with E-state index in [1.165, 1.54) is 96.1 Å². The number of ether oxygens (including phenoxy) is 1. The molecule has 2 aromatic rings. The molecule has 0 spiro atoms. The second-order valence-electron chi connectivity index (χ2n) is 14.3. The number of amides is 2. The van der Waals surface area contributed by atoms with Gasteiger partial charge in [0.1, 0.15) is 29.9 Å². The van der Waals surface area contributed by atoms with Crippen LogP contribution in [0.15, 0.2) is 60.7 Å². The molecule has 0 radical (unpaired) electrons. The Labute approximate surface area is 322 Å². The highest BCUT2D eigenvalue weighted by Crippen LogP contribution is 2.42. The summed E-state index contributed by atoms with van der Waals surface area (Å²) in [5.74, 6) is -3.47. The van der Waals surface area contributed by atoms with Gasteiger partial charge in [-0.15, -0.1) is 0 Å². The number of Topliss-reactive ketones (excluding diaryl/α,β-unsaturated/α-hetero) is 2. The predicted octanol–water partition coefficient (Wildman–Crippen LogP) is 1.56. The Bertz CT molecular complexity index is 1800. The number of benzene rings is 2. The van der Waals surface area contributed by atoms with Gasteiger partial charge in [0.05, 0.1) is 6.61 Å². The summed E-state index contributed by atoms with van der Waals surface area (Å²) >= 11 is 0. The molecule has 2 aromatic carbocycles. The fourth-order valence-electron chi connectivity index (χ4n) is 4.87. The molecule has 5 atom stereocenters. The first kappa shape index (κ1) is 48.9. The van der Waals surface area contributed by atoms with Crippen molar-refractivity contribution in [2.75, 3.05) is 19.7 Å². The van der Waals surface area contributed by atoms with E-state index in [0.29, 0.717) is 0 Å². The molecule has 2 rings (SSSR count). The number of hydrogen-bond acceptors (Lipinski definition) is 13. The molecule has 0 aliphatic carbocycles. The number of aliphatic hydroxyl groups is 1. The number of phosphoric acid groups is 3. The van der Waals surface area contributed by atoms with Gasteiger partial charge < -0.3 is 55.2 Å². The standard InChI is InChI=1S/C32H48N3O18P3/c1-30(2,3)32(40,19-50-54(41,42)43)28(38)34-24(26(36)20-13-9-7-10-14-20)22(52-55(44,45)46)17-33-18-23(53-56(47,48)49)25(35-29(39)51-31(4,5)6)27(37)21-15-11-8-12-16-21/h7-16,22-25,33,40H,17-19H2,1-6H3,(H,34,38)(H,35,39)(H2,41,42,43)(H2,44,45,46)(H2,47,48,49). The van der Waals surface area contributed by atoms with Crippen LogP contribution in [0.5, 0.6) is 0 Å². The summed E-state index contributed by atoms with van der Waals surface area (Å²) in [6.45, 7) is 5.35. The Hall–Kier alpha value is -3.23. The molecular weight excluding hydrogens is 807 g/mol. The molecule has 56 heavy (non-hydrogen) atoms. The van der Waals surface area contributed by atoms with Crippen LogP contribution in [0.2, 0.25) is 0 Å². The molecule has 0 bridgehead atoms. The Balaban J connectivity index is 2.64. The SMILES string of the molecule is CC(C)(C)OC(=O)NC(C(=O)c1ccccc1)C(CNCC(OP(=O)(O)O)C(NC(=O)C(O)(COP(=O)(O)O)C(C)(C)C)C(=O)c1ccccc1)OP(=O)(O)O. The van der Waals surface area contributed by atoms with Crippen molar-refractivity contribution in [3.63, 3.8) is 0 Å². The minimum absolute atomic E-state index is 0.0409. The van der Waals surface area contributed by atoms with E-state index in [1.807, 2.05) is 0 Å². The lowest BCUT2D eigenvalue weighted by Crippen LogP contribution is -2.63. The third-order valence-corrected chi connectivity index (χ3v) is 9.23. The molecule has 10 N–H and O–H groups in total. The maximum atomic E-state index is 13.9. The molecule has 2 amide bonds. The minimum atomic E-state index is -5.59. The average molecular weight is 856 g/mol. The van der Waals surface area contributed by atoms with E-state index in [4.69, 9.17) is 13.8 Å². The summed E-state index contributed by atoms with van der Waals surface area (Å²) in [5.41, 5.74) is -5.67. The highest BCUT2D eigenvalue weighted by Gasteiger charge is 2.50. The first-order chi connectivity index (χ1) is 25.4. The van der Waals surface area contributed by atoms with Crippen molar-refractivity contribution in [1.82, 2.24) is 16.0 Å². The first-order valence-corrected chi connectivity index (χ1v) is 21.1. The largest absolute Gasteiger partial charge is 0.469 e. The van der Waals surface area contributed by atoms with Gasteiger partial charge in [0.15, 0.2) is 17.2 Å². The van der Waals surface area contributed by atoms with Crippen LogP contribution in [0, 0.1) is 5.41 Å². The number of rotatable bonds is 20. The van der Waals surface area contributed by atoms with Crippen molar-refractivity contribution in [3.05, 3.63) is 71.8 Å². The summed E-state index contributed by atoms with van der Waals surface area (Å²) < 4.78 is 55.4. The minimum Gasteiger partial charge on any atom is -0.444 e. The van der Waals surface area contributed by atoms with Gasteiger partial charge in [-0.1, -0.05) is 81.4 Å². The van der Waals surface area contributed by atoms with Crippen molar-refractivity contribution in [1.29, 1.82) is 0 Å². The molecule has 0 aliphatic heterocycles. The Morgan fingerprint density at radius 3 is 1.38 bits per heavy atom. The normalized spacial score (nSPS) is 16.1. The van der Waals surface area contributed by atoms with Crippen LogP contribution in [-0.2, 0) is 36.8 Å². The first-order valence-electron chi connectivity index (χ1n) is 16.5. The third kappa shape index (κ3) is 16.3. The van der Waals surface area contributed by atoms with Crippen LogP contribution in [0.4, 0.5) is 4.79 Å². The number of hydrogen-bond donors (Lipinski definition) is 10. The fraction of sp³-hybridized carbons (Fsp3) is 0.500. The van der Waals surface area contributed by atoms with Crippen LogP contribution in [-0.4, -0.2) is 113 Å². The van der Waals surface area contributed by atoms with E-state index in [-0.39, 0.29) is 11.1 Å². The topological polar surface area (TPSA) is 334 Å². The zero-order valence-electron chi connectivity index (χ0n) is 31.2. The number of nitrogens with one attached hydrogen (secondary N) is 3. The summed E-state index contributed by atoms with van der Waals surface area (Å²) in [4.78, 5) is 112. The summed E-state index contributed by atoms with van der Waals surface area (Å²) in [6.07, 6.45) is -5.28. The average Bonchev–Trinajstić information content (AvgIpc) is 3.05. The van der Waals surface area contributed by atoms with Gasteiger partial charge in [0, 0.05) is 29.6 Å². The van der Waals surface area contributed by atoms with Crippen LogP contribution < -0.4 is 16.0 Å². The van der Waals surface area contributed by atoms with E-state index in [2.05, 4.69) is 20.5 Å². The van der Waals surface area contributed by atoms with Gasteiger partial charge in [-0.2, -0.15) is 0 Å². The smallest absolute Gasteiger partial charge is 0.444 e. The molecular formula is C32H48N3O18P3. The van der Waals surface area contributed by atoms with Gasteiger partial charge in [-0.25, -0.2) is 18.5 Å². The highest BCUT2D eigenvalue weighted by molar-refractivity contribution is 7.46. The Kier molecular flexibility index (Phi) is 17.0. The molecule has 0 saturated heterocycles. The third-order valence-electron chi connectivity index (χ3n) is 7.68. The zero-order valence-corrected chi connectivity index (χ0v) is 33.9. The summed E-state index contributed by atoms with van der Waals surface area (Å²) in [6, 6.07) is 10.0. The van der Waals surface area contributed by atoms with E-state index < -0.39 is 108 Å². The monoisotopic (exact) mass is 855 g/mol. The molecule has 314 valence electrons. The zero-order chi connectivity index (χ0) is 42.9. The fourth-order valence-corrected chi connectivity index (χ4v) is 6.32. The van der Waals surface area contributed by atoms with E-state index >= 15 is 0 Å². The molecule has 0 saturated carbocycles. The Morgan fingerprint density at radius 2 is 1.04 bits per heavy atom. The predicted molar refractivity (Wildman–Crippen MR) is 196 cm³/mol. The lowest BCUT2D eigenvalue weighted by atomic mass is 9.76. The summed E-state index contributed by atoms with van der Waals surface area (Å²) in [7, 11) is -16.4. The lowest BCUT2D eigenvalue weighted by Gasteiger charge is -2.40. The Morgan fingerprint density at radius 1 is 0.643 bits per heavy atom. The molecule has 0 aliphatic rings. The summed E-state index contributed by atoms with van der Waals surface area (Å²) in [5, 5.41) is 18.3. The number of carbonyl (C=O) groups excluding carboxylic acids is 4. The van der Waals surface area contributed by atoms with Crippen LogP contribution in [0.3, 0.4) is 0 Å². The van der Waals surface area contributed by atoms with Gasteiger partial charge >= 0.3 is 29.6 Å². The molecule has 0 heterocycles. The maximum absolute atomic E-state index is 13.9. The van der Waals surface area contributed by atoms with E-state index in [0.717, 1.165) is 0 Å². The van der Waals surface area contributed by atoms with Crippen molar-refractivity contribution in [2.45, 2.75) is 77.0 Å². The second-order valence-corrected chi connectivity index (χ2v) is 18.0. The van der Waals surface area contributed by atoms with Crippen molar-refractivity contribution >= 4 is 47.0 Å². The number of carbonyl (C=O) groups is 4. The van der Waals surface area contributed by atoms with Crippen molar-refractivity contribution in [3.8, 4) is 0 Å². The number of ketones is 2. The maximum Gasteiger partial charge on any atom is 0.469 e. The molecule has 21 nitrogen and oxygen atoms in total. The van der Waals surface area contributed by atoms with Crippen molar-refractivity contribution < 1.29 is 85.6 Å². The molecule has 0 fully saturated rings.